The highest BCUT2D eigenvalue weighted by molar-refractivity contribution is 5.88. The van der Waals surface area contributed by atoms with Gasteiger partial charge in [-0.05, 0) is 25.5 Å². The Hall–Kier alpha value is -2.69. The molecule has 0 saturated carbocycles. The van der Waals surface area contributed by atoms with Crippen LogP contribution >= 0.6 is 0 Å². The van der Waals surface area contributed by atoms with Crippen molar-refractivity contribution in [3.8, 4) is 22.4 Å². The largest absolute Gasteiger partial charge is 0.382 e. The minimum Gasteiger partial charge on any atom is -0.382 e. The first-order valence-electron chi connectivity index (χ1n) is 6.37. The van der Waals surface area contributed by atoms with Gasteiger partial charge in [0.15, 0.2) is 5.82 Å². The summed E-state index contributed by atoms with van der Waals surface area (Å²) in [6, 6.07) is 12.0. The molecular formula is C15H15N5. The molecule has 3 aromatic rings. The molecule has 0 bridgehead atoms. The Morgan fingerprint density at radius 1 is 1.05 bits per heavy atom. The highest BCUT2D eigenvalue weighted by atomic mass is 15.2. The summed E-state index contributed by atoms with van der Waals surface area (Å²) in [5.74, 6) is 0.486. The van der Waals surface area contributed by atoms with Crippen molar-refractivity contribution in [2.45, 2.75) is 13.8 Å². The Balaban J connectivity index is 2.24. The predicted molar refractivity (Wildman–Crippen MR) is 78.9 cm³/mol. The molecule has 1 aromatic carbocycles. The molecule has 3 N–H and O–H groups in total. The third kappa shape index (κ3) is 2.03. The molecule has 0 saturated heterocycles. The molecule has 2 aromatic heterocycles. The van der Waals surface area contributed by atoms with E-state index in [2.05, 4.69) is 20.4 Å². The predicted octanol–water partition coefficient (Wildman–Crippen LogP) is 2.73. The van der Waals surface area contributed by atoms with Gasteiger partial charge in [-0.3, -0.25) is 5.10 Å². The number of benzene rings is 1. The van der Waals surface area contributed by atoms with E-state index in [0.29, 0.717) is 5.82 Å². The van der Waals surface area contributed by atoms with Crippen molar-refractivity contribution in [3.05, 3.63) is 47.8 Å². The summed E-state index contributed by atoms with van der Waals surface area (Å²) in [5.41, 5.74) is 11.5. The van der Waals surface area contributed by atoms with Gasteiger partial charge in [0.1, 0.15) is 0 Å². The minimum atomic E-state index is 0.486. The molecule has 0 aliphatic heterocycles. The highest BCUT2D eigenvalue weighted by Gasteiger charge is 2.16. The van der Waals surface area contributed by atoms with E-state index in [-0.39, 0.29) is 0 Å². The molecule has 100 valence electrons. The Bertz CT molecular complexity index is 746. The minimum absolute atomic E-state index is 0.486. The SMILES string of the molecule is Cc1cc(-c2[nH]nc(N)c2-c2ccccc2)c(C)nn1. The number of nitrogens with two attached hydrogens (primary N) is 1. The van der Waals surface area contributed by atoms with Crippen molar-refractivity contribution in [1.29, 1.82) is 0 Å². The number of aryl methyl sites for hydroxylation is 2. The molecule has 0 aliphatic carbocycles. The zero-order chi connectivity index (χ0) is 14.1. The van der Waals surface area contributed by atoms with Gasteiger partial charge >= 0.3 is 0 Å². The lowest BCUT2D eigenvalue weighted by Gasteiger charge is -2.07. The molecule has 5 nitrogen and oxygen atoms in total. The normalized spacial score (nSPS) is 10.7. The van der Waals surface area contributed by atoms with Crippen molar-refractivity contribution >= 4 is 5.82 Å². The first-order chi connectivity index (χ1) is 9.66. The van der Waals surface area contributed by atoms with E-state index in [9.17, 15) is 0 Å². The van der Waals surface area contributed by atoms with E-state index in [0.717, 1.165) is 33.8 Å². The Labute approximate surface area is 116 Å². The molecular weight excluding hydrogens is 250 g/mol. The lowest BCUT2D eigenvalue weighted by Crippen LogP contribution is -1.95. The van der Waals surface area contributed by atoms with Crippen molar-refractivity contribution in [2.24, 2.45) is 0 Å². The third-order valence-electron chi connectivity index (χ3n) is 3.23. The lowest BCUT2D eigenvalue weighted by molar-refractivity contribution is 0.940. The Morgan fingerprint density at radius 3 is 2.55 bits per heavy atom. The van der Waals surface area contributed by atoms with Crippen LogP contribution < -0.4 is 5.73 Å². The zero-order valence-electron chi connectivity index (χ0n) is 11.4. The second-order valence-corrected chi connectivity index (χ2v) is 4.71. The van der Waals surface area contributed by atoms with Crippen LogP contribution in [0.2, 0.25) is 0 Å². The summed E-state index contributed by atoms with van der Waals surface area (Å²) >= 11 is 0. The molecule has 0 fully saturated rings. The van der Waals surface area contributed by atoms with Gasteiger partial charge in [0.2, 0.25) is 0 Å². The third-order valence-corrected chi connectivity index (χ3v) is 3.23. The van der Waals surface area contributed by atoms with Crippen molar-refractivity contribution in [2.75, 3.05) is 5.73 Å². The second-order valence-electron chi connectivity index (χ2n) is 4.71. The first kappa shape index (κ1) is 12.3. The van der Waals surface area contributed by atoms with Gasteiger partial charge in [-0.15, -0.1) is 0 Å². The fraction of sp³-hybridized carbons (Fsp3) is 0.133. The van der Waals surface area contributed by atoms with Crippen LogP contribution in [0.5, 0.6) is 0 Å². The number of nitrogens with zero attached hydrogens (tertiary/aromatic N) is 3. The maximum atomic E-state index is 6.02. The number of rotatable bonds is 2. The topological polar surface area (TPSA) is 80.5 Å². The maximum absolute atomic E-state index is 6.02. The molecule has 0 amide bonds. The van der Waals surface area contributed by atoms with E-state index < -0.39 is 0 Å². The molecule has 3 rings (SSSR count). The average molecular weight is 265 g/mol. The molecule has 2 heterocycles. The Morgan fingerprint density at radius 2 is 1.80 bits per heavy atom. The summed E-state index contributed by atoms with van der Waals surface area (Å²) in [4.78, 5) is 0. The van der Waals surface area contributed by atoms with Crippen LogP contribution in [-0.2, 0) is 0 Å². The van der Waals surface area contributed by atoms with Crippen molar-refractivity contribution < 1.29 is 0 Å². The molecule has 5 heteroatoms. The molecule has 20 heavy (non-hydrogen) atoms. The average Bonchev–Trinajstić information content (AvgIpc) is 2.84. The fourth-order valence-electron chi connectivity index (χ4n) is 2.25. The number of hydrogen-bond donors (Lipinski definition) is 2. The number of H-pyrrole nitrogens is 1. The number of anilines is 1. The van der Waals surface area contributed by atoms with Crippen LogP contribution in [0.4, 0.5) is 5.82 Å². The molecule has 0 spiro atoms. The van der Waals surface area contributed by atoms with Gasteiger partial charge in [-0.2, -0.15) is 15.3 Å². The van der Waals surface area contributed by atoms with E-state index >= 15 is 0 Å². The van der Waals surface area contributed by atoms with Crippen LogP contribution in [0.15, 0.2) is 36.4 Å². The number of aromatic amines is 1. The van der Waals surface area contributed by atoms with Gasteiger partial charge in [-0.1, -0.05) is 30.3 Å². The van der Waals surface area contributed by atoms with E-state index in [1.165, 1.54) is 0 Å². The molecule has 0 aliphatic rings. The summed E-state index contributed by atoms with van der Waals surface area (Å²) in [7, 11) is 0. The van der Waals surface area contributed by atoms with Gasteiger partial charge in [0.25, 0.3) is 0 Å². The monoisotopic (exact) mass is 265 g/mol. The summed E-state index contributed by atoms with van der Waals surface area (Å²) in [5, 5.41) is 15.4. The van der Waals surface area contributed by atoms with Crippen LogP contribution in [-0.4, -0.2) is 20.4 Å². The van der Waals surface area contributed by atoms with Gasteiger partial charge in [0.05, 0.1) is 22.6 Å². The first-order valence-corrected chi connectivity index (χ1v) is 6.37. The zero-order valence-corrected chi connectivity index (χ0v) is 11.4. The standard InChI is InChI=1S/C15H15N5/c1-9-8-12(10(2)18-17-9)14-13(15(16)20-19-14)11-6-4-3-5-7-11/h3-8H,1-2H3,(H3,16,19,20). The lowest BCUT2D eigenvalue weighted by atomic mass is 10.00. The van der Waals surface area contributed by atoms with Crippen molar-refractivity contribution in [1.82, 2.24) is 20.4 Å². The smallest absolute Gasteiger partial charge is 0.153 e. The number of hydrogen-bond acceptors (Lipinski definition) is 4. The van der Waals surface area contributed by atoms with E-state index in [1.54, 1.807) is 0 Å². The summed E-state index contributed by atoms with van der Waals surface area (Å²) in [6.45, 7) is 3.84. The number of nitrogen functional groups attached to an aromatic ring is 1. The molecule has 0 radical (unpaired) electrons. The number of nitrogens with one attached hydrogen (secondary N) is 1. The van der Waals surface area contributed by atoms with Crippen molar-refractivity contribution in [3.63, 3.8) is 0 Å². The van der Waals surface area contributed by atoms with Gasteiger partial charge in [0, 0.05) is 5.56 Å². The summed E-state index contributed by atoms with van der Waals surface area (Å²) in [6.07, 6.45) is 0. The van der Waals surface area contributed by atoms with Crippen LogP contribution in [0, 0.1) is 13.8 Å². The van der Waals surface area contributed by atoms with Gasteiger partial charge < -0.3 is 5.73 Å². The number of aromatic nitrogens is 4. The second kappa shape index (κ2) is 4.77. The Kier molecular flexibility index (Phi) is 2.95. The summed E-state index contributed by atoms with van der Waals surface area (Å²) < 4.78 is 0. The van der Waals surface area contributed by atoms with E-state index in [4.69, 9.17) is 5.73 Å². The quantitative estimate of drug-likeness (QED) is 0.746. The highest BCUT2D eigenvalue weighted by Crippen LogP contribution is 2.35. The van der Waals surface area contributed by atoms with Crippen LogP contribution in [0.25, 0.3) is 22.4 Å². The molecule has 0 unspecified atom stereocenters. The van der Waals surface area contributed by atoms with Gasteiger partial charge in [-0.25, -0.2) is 0 Å². The van der Waals surface area contributed by atoms with E-state index in [1.807, 2.05) is 50.2 Å². The maximum Gasteiger partial charge on any atom is 0.153 e. The molecule has 0 atom stereocenters. The fourth-order valence-corrected chi connectivity index (χ4v) is 2.25. The van der Waals surface area contributed by atoms with Crippen LogP contribution in [0.1, 0.15) is 11.4 Å². The van der Waals surface area contributed by atoms with Crippen LogP contribution in [0.3, 0.4) is 0 Å².